The van der Waals surface area contributed by atoms with Crippen LogP contribution in [0.15, 0.2) is 65.6 Å². The molecule has 9 nitrogen and oxygen atoms in total. The SMILES string of the molecule is CCCNC(=O)[C@@H](CC)N(Cc1ccc(Cl)cc1Cl)C(=O)CN(c1ccc(Cl)cc1)S(=O)(=O)c1ccc(OC)c(OC)c1. The van der Waals surface area contributed by atoms with E-state index in [0.717, 1.165) is 4.31 Å². The summed E-state index contributed by atoms with van der Waals surface area (Å²) < 4.78 is 39.8. The zero-order valence-corrected chi connectivity index (χ0v) is 27.4. The Morgan fingerprint density at radius 2 is 1.53 bits per heavy atom. The van der Waals surface area contributed by atoms with E-state index < -0.39 is 28.5 Å². The predicted molar refractivity (Wildman–Crippen MR) is 170 cm³/mol. The summed E-state index contributed by atoms with van der Waals surface area (Å²) in [6.45, 7) is 3.43. The Morgan fingerprint density at radius 1 is 0.884 bits per heavy atom. The lowest BCUT2D eigenvalue weighted by Crippen LogP contribution is -2.52. The zero-order chi connectivity index (χ0) is 31.7. The van der Waals surface area contributed by atoms with Gasteiger partial charge in [0.25, 0.3) is 10.0 Å². The van der Waals surface area contributed by atoms with E-state index in [1.165, 1.54) is 61.6 Å². The third kappa shape index (κ3) is 8.47. The van der Waals surface area contributed by atoms with Crippen LogP contribution < -0.4 is 19.1 Å². The summed E-state index contributed by atoms with van der Waals surface area (Å²) in [6, 6.07) is 14.1. The maximum atomic E-state index is 14.2. The van der Waals surface area contributed by atoms with Crippen molar-refractivity contribution in [1.82, 2.24) is 10.2 Å². The van der Waals surface area contributed by atoms with Gasteiger partial charge in [-0.3, -0.25) is 13.9 Å². The minimum absolute atomic E-state index is 0.0578. The van der Waals surface area contributed by atoms with Gasteiger partial charge in [0.15, 0.2) is 11.5 Å². The second-order valence-corrected chi connectivity index (χ2v) is 12.6. The lowest BCUT2D eigenvalue weighted by atomic mass is 10.1. The van der Waals surface area contributed by atoms with Gasteiger partial charge in [-0.1, -0.05) is 54.7 Å². The molecule has 2 amide bonds. The number of nitrogens with zero attached hydrogens (tertiary/aromatic N) is 2. The van der Waals surface area contributed by atoms with Crippen molar-refractivity contribution < 1.29 is 27.5 Å². The predicted octanol–water partition coefficient (Wildman–Crippen LogP) is 6.19. The second-order valence-electron chi connectivity index (χ2n) is 9.48. The molecule has 0 unspecified atom stereocenters. The number of benzene rings is 3. The molecule has 13 heteroatoms. The van der Waals surface area contributed by atoms with Crippen LogP contribution in [0.5, 0.6) is 11.5 Å². The van der Waals surface area contributed by atoms with Crippen LogP contribution in [0, 0.1) is 0 Å². The topological polar surface area (TPSA) is 105 Å². The summed E-state index contributed by atoms with van der Waals surface area (Å²) in [5.74, 6) is -0.443. The number of nitrogens with one attached hydrogen (secondary N) is 1. The normalized spacial score (nSPS) is 11.9. The molecular formula is C30H34Cl3N3O6S. The van der Waals surface area contributed by atoms with Gasteiger partial charge in [-0.05, 0) is 66.9 Å². The molecule has 3 aromatic rings. The fraction of sp³-hybridized carbons (Fsp3) is 0.333. The van der Waals surface area contributed by atoms with Crippen molar-refractivity contribution in [2.24, 2.45) is 0 Å². The van der Waals surface area contributed by atoms with Crippen molar-refractivity contribution in [3.63, 3.8) is 0 Å². The van der Waals surface area contributed by atoms with Crippen molar-refractivity contribution in [3.05, 3.63) is 81.3 Å². The lowest BCUT2D eigenvalue weighted by Gasteiger charge is -2.33. The van der Waals surface area contributed by atoms with Crippen LogP contribution in [0.1, 0.15) is 32.3 Å². The van der Waals surface area contributed by atoms with E-state index in [0.29, 0.717) is 39.3 Å². The first-order valence-electron chi connectivity index (χ1n) is 13.5. The highest BCUT2D eigenvalue weighted by atomic mass is 35.5. The Balaban J connectivity index is 2.11. The highest BCUT2D eigenvalue weighted by Crippen LogP contribution is 2.33. The maximum absolute atomic E-state index is 14.2. The van der Waals surface area contributed by atoms with Gasteiger partial charge in [0.2, 0.25) is 11.8 Å². The maximum Gasteiger partial charge on any atom is 0.264 e. The number of carbonyl (C=O) groups is 2. The van der Waals surface area contributed by atoms with Gasteiger partial charge in [-0.2, -0.15) is 0 Å². The monoisotopic (exact) mass is 669 g/mol. The molecule has 0 heterocycles. The first kappa shape index (κ1) is 34.3. The van der Waals surface area contributed by atoms with Crippen LogP contribution in [0.25, 0.3) is 0 Å². The largest absolute Gasteiger partial charge is 0.493 e. The minimum atomic E-state index is -4.34. The van der Waals surface area contributed by atoms with Gasteiger partial charge < -0.3 is 19.7 Å². The van der Waals surface area contributed by atoms with Crippen LogP contribution in [-0.4, -0.2) is 58.5 Å². The molecule has 0 spiro atoms. The summed E-state index contributed by atoms with van der Waals surface area (Å²) in [7, 11) is -1.51. The molecule has 0 radical (unpaired) electrons. The lowest BCUT2D eigenvalue weighted by molar-refractivity contribution is -0.140. The van der Waals surface area contributed by atoms with Crippen molar-refractivity contribution in [3.8, 4) is 11.5 Å². The van der Waals surface area contributed by atoms with Crippen LogP contribution in [0.3, 0.4) is 0 Å². The van der Waals surface area contributed by atoms with Gasteiger partial charge in [0.1, 0.15) is 12.6 Å². The van der Waals surface area contributed by atoms with Crippen molar-refractivity contribution in [2.75, 3.05) is 31.6 Å². The Morgan fingerprint density at radius 3 is 2.12 bits per heavy atom. The molecule has 0 aliphatic carbocycles. The van der Waals surface area contributed by atoms with Crippen LogP contribution >= 0.6 is 34.8 Å². The minimum Gasteiger partial charge on any atom is -0.493 e. The average Bonchev–Trinajstić information content (AvgIpc) is 2.99. The van der Waals surface area contributed by atoms with E-state index in [4.69, 9.17) is 44.3 Å². The quantitative estimate of drug-likeness (QED) is 0.219. The standard InChI is InChI=1S/C30H34Cl3N3O6S/c1-5-15-34-30(38)26(6-2)35(18-20-7-8-22(32)16-25(20)33)29(37)19-36(23-11-9-21(31)10-12-23)43(39,40)24-13-14-27(41-3)28(17-24)42-4/h7-14,16-17,26H,5-6,15,18-19H2,1-4H3,(H,34,38)/t26-/m1/s1. The van der Waals surface area contributed by atoms with Gasteiger partial charge in [0, 0.05) is 34.2 Å². The highest BCUT2D eigenvalue weighted by Gasteiger charge is 2.34. The number of sulfonamides is 1. The molecule has 0 aliphatic rings. The van der Waals surface area contributed by atoms with E-state index in [9.17, 15) is 18.0 Å². The van der Waals surface area contributed by atoms with Crippen LogP contribution in [0.2, 0.25) is 15.1 Å². The smallest absolute Gasteiger partial charge is 0.264 e. The number of hydrogen-bond donors (Lipinski definition) is 1. The molecule has 0 bridgehead atoms. The van der Waals surface area contributed by atoms with E-state index in [1.807, 2.05) is 6.92 Å². The Kier molecular flexibility index (Phi) is 12.4. The second kappa shape index (κ2) is 15.5. The number of methoxy groups -OCH3 is 2. The number of halogens is 3. The first-order chi connectivity index (χ1) is 20.5. The van der Waals surface area contributed by atoms with Gasteiger partial charge in [-0.25, -0.2) is 8.42 Å². The van der Waals surface area contributed by atoms with Crippen molar-refractivity contribution in [2.45, 2.75) is 44.2 Å². The molecule has 0 aliphatic heterocycles. The molecule has 0 saturated heterocycles. The molecule has 232 valence electrons. The molecule has 0 saturated carbocycles. The van der Waals surface area contributed by atoms with E-state index in [1.54, 1.807) is 25.1 Å². The fourth-order valence-corrected chi connectivity index (χ4v) is 6.38. The van der Waals surface area contributed by atoms with Gasteiger partial charge >= 0.3 is 0 Å². The van der Waals surface area contributed by atoms with Crippen LogP contribution in [-0.2, 0) is 26.2 Å². The number of amides is 2. The van der Waals surface area contributed by atoms with E-state index in [2.05, 4.69) is 5.32 Å². The first-order valence-corrected chi connectivity index (χ1v) is 16.1. The molecular weight excluding hydrogens is 637 g/mol. The third-order valence-electron chi connectivity index (χ3n) is 6.63. The summed E-state index contributed by atoms with van der Waals surface area (Å²) in [5.41, 5.74) is 0.738. The number of carbonyl (C=O) groups excluding carboxylic acids is 2. The zero-order valence-electron chi connectivity index (χ0n) is 24.3. The van der Waals surface area contributed by atoms with E-state index >= 15 is 0 Å². The summed E-state index contributed by atoms with van der Waals surface area (Å²) in [4.78, 5) is 28.6. The molecule has 0 fully saturated rings. The summed E-state index contributed by atoms with van der Waals surface area (Å²) in [6.07, 6.45) is 0.975. The molecule has 3 aromatic carbocycles. The molecule has 1 atom stereocenters. The molecule has 43 heavy (non-hydrogen) atoms. The third-order valence-corrected chi connectivity index (χ3v) is 9.24. The van der Waals surface area contributed by atoms with Crippen LogP contribution in [0.4, 0.5) is 5.69 Å². The highest BCUT2D eigenvalue weighted by molar-refractivity contribution is 7.92. The summed E-state index contributed by atoms with van der Waals surface area (Å²) in [5, 5.41) is 3.94. The number of rotatable bonds is 14. The Labute approximate surface area is 267 Å². The van der Waals surface area contributed by atoms with Crippen molar-refractivity contribution >= 4 is 62.3 Å². The number of anilines is 1. The van der Waals surface area contributed by atoms with Crippen molar-refractivity contribution in [1.29, 1.82) is 0 Å². The fourth-order valence-electron chi connectivity index (χ4n) is 4.36. The molecule has 0 aromatic heterocycles. The Hall–Kier alpha value is -3.18. The number of ether oxygens (including phenoxy) is 2. The van der Waals surface area contributed by atoms with E-state index in [-0.39, 0.29) is 35.2 Å². The van der Waals surface area contributed by atoms with Gasteiger partial charge in [-0.15, -0.1) is 0 Å². The van der Waals surface area contributed by atoms with Gasteiger partial charge in [0.05, 0.1) is 24.8 Å². The summed E-state index contributed by atoms with van der Waals surface area (Å²) >= 11 is 18.6. The molecule has 1 N–H and O–H groups in total. The Bertz CT molecular complexity index is 1540. The average molecular weight is 671 g/mol. The number of hydrogen-bond acceptors (Lipinski definition) is 6. The molecule has 3 rings (SSSR count).